The highest BCUT2D eigenvalue weighted by molar-refractivity contribution is 5.80. The monoisotopic (exact) mass is 342 g/mol. The van der Waals surface area contributed by atoms with E-state index in [1.54, 1.807) is 6.33 Å². The van der Waals surface area contributed by atoms with Crippen LogP contribution in [0.1, 0.15) is 48.0 Å². The van der Waals surface area contributed by atoms with Crippen LogP contribution in [0.4, 0.5) is 0 Å². The minimum atomic E-state index is -0.0738. The Bertz CT molecular complexity index is 759. The van der Waals surface area contributed by atoms with Gasteiger partial charge in [-0.2, -0.15) is 5.10 Å². The third kappa shape index (κ3) is 3.08. The lowest BCUT2D eigenvalue weighted by atomic mass is 9.80. The van der Waals surface area contributed by atoms with Crippen molar-refractivity contribution in [2.24, 2.45) is 20.0 Å². The van der Waals surface area contributed by atoms with Crippen LogP contribution in [0.3, 0.4) is 0 Å². The molecule has 1 saturated carbocycles. The van der Waals surface area contributed by atoms with Crippen molar-refractivity contribution in [2.75, 3.05) is 13.1 Å². The zero-order valence-electron chi connectivity index (χ0n) is 14.9. The summed E-state index contributed by atoms with van der Waals surface area (Å²) in [7, 11) is 3.91. The lowest BCUT2D eigenvalue weighted by Gasteiger charge is -2.26. The van der Waals surface area contributed by atoms with Crippen molar-refractivity contribution in [2.45, 2.75) is 37.6 Å². The van der Waals surface area contributed by atoms with Crippen molar-refractivity contribution in [3.05, 3.63) is 35.7 Å². The summed E-state index contributed by atoms with van der Waals surface area (Å²) in [6, 6.07) is 0. The van der Waals surface area contributed by atoms with Crippen molar-refractivity contribution in [1.29, 1.82) is 0 Å². The average molecular weight is 342 g/mol. The van der Waals surface area contributed by atoms with E-state index in [0.717, 1.165) is 17.9 Å². The molecule has 2 fully saturated rings. The second kappa shape index (κ2) is 6.63. The molecule has 1 saturated heterocycles. The number of aryl methyl sites for hydroxylation is 2. The molecule has 0 aromatic carbocycles. The van der Waals surface area contributed by atoms with Crippen LogP contribution < -0.4 is 10.6 Å². The third-order valence-corrected chi connectivity index (χ3v) is 5.72. The maximum Gasteiger partial charge on any atom is 0.225 e. The molecule has 134 valence electrons. The summed E-state index contributed by atoms with van der Waals surface area (Å²) in [4.78, 5) is 17.2. The van der Waals surface area contributed by atoms with Gasteiger partial charge < -0.3 is 15.2 Å². The summed E-state index contributed by atoms with van der Waals surface area (Å²) in [6.07, 6.45) is 9.54. The van der Waals surface area contributed by atoms with E-state index in [2.05, 4.69) is 20.7 Å². The molecule has 2 aromatic heterocycles. The number of imidazole rings is 1. The van der Waals surface area contributed by atoms with Crippen LogP contribution >= 0.6 is 0 Å². The lowest BCUT2D eigenvalue weighted by molar-refractivity contribution is -0.125. The van der Waals surface area contributed by atoms with Crippen molar-refractivity contribution in [1.82, 2.24) is 30.0 Å². The van der Waals surface area contributed by atoms with Crippen LogP contribution in [-0.4, -0.2) is 38.3 Å². The van der Waals surface area contributed by atoms with Gasteiger partial charge in [-0.25, -0.2) is 4.98 Å². The molecule has 0 spiro atoms. The molecule has 0 radical (unpaired) electrons. The summed E-state index contributed by atoms with van der Waals surface area (Å²) in [5, 5.41) is 10.9. The molecule has 7 nitrogen and oxygen atoms in total. The number of nitrogens with one attached hydrogen (secondary N) is 2. The minimum Gasteiger partial charge on any atom is -0.350 e. The summed E-state index contributed by atoms with van der Waals surface area (Å²) < 4.78 is 3.83. The van der Waals surface area contributed by atoms with Gasteiger partial charge in [0.2, 0.25) is 5.91 Å². The number of carbonyl (C=O) groups excluding carboxylic acids is 1. The average Bonchev–Trinajstić information content (AvgIpc) is 3.24. The predicted octanol–water partition coefficient (Wildman–Crippen LogP) is 1.04. The number of nitrogens with zero attached hydrogens (tertiary/aromatic N) is 4. The molecule has 1 amide bonds. The molecular formula is C18H26N6O. The SMILES string of the molecule is Cn1cnc([C@@H]2CNC[C@H]2C(=O)NCc2c(C3CCC3)cnn2C)c1. The molecule has 25 heavy (non-hydrogen) atoms. The number of aromatic nitrogens is 4. The zero-order valence-corrected chi connectivity index (χ0v) is 14.9. The van der Waals surface area contributed by atoms with Crippen LogP contribution in [0.2, 0.25) is 0 Å². The highest BCUT2D eigenvalue weighted by atomic mass is 16.1. The van der Waals surface area contributed by atoms with Gasteiger partial charge in [-0.05, 0) is 24.3 Å². The Morgan fingerprint density at radius 2 is 2.20 bits per heavy atom. The second-order valence-corrected chi connectivity index (χ2v) is 7.35. The first-order valence-electron chi connectivity index (χ1n) is 9.10. The summed E-state index contributed by atoms with van der Waals surface area (Å²) in [6.45, 7) is 2.05. The van der Waals surface area contributed by atoms with Gasteiger partial charge in [-0.15, -0.1) is 0 Å². The molecule has 2 N–H and O–H groups in total. The van der Waals surface area contributed by atoms with Gasteiger partial charge in [0.25, 0.3) is 0 Å². The van der Waals surface area contributed by atoms with E-state index in [1.165, 1.54) is 24.8 Å². The van der Waals surface area contributed by atoms with Crippen molar-refractivity contribution in [3.8, 4) is 0 Å². The predicted molar refractivity (Wildman–Crippen MR) is 94.0 cm³/mol. The van der Waals surface area contributed by atoms with E-state index >= 15 is 0 Å². The van der Waals surface area contributed by atoms with E-state index < -0.39 is 0 Å². The molecule has 3 heterocycles. The number of hydrogen-bond donors (Lipinski definition) is 2. The van der Waals surface area contributed by atoms with Gasteiger partial charge in [0, 0.05) is 39.3 Å². The Balaban J connectivity index is 1.43. The van der Waals surface area contributed by atoms with Gasteiger partial charge in [0.1, 0.15) is 0 Å². The van der Waals surface area contributed by atoms with E-state index in [-0.39, 0.29) is 17.7 Å². The maximum atomic E-state index is 12.8. The third-order valence-electron chi connectivity index (χ3n) is 5.72. The van der Waals surface area contributed by atoms with Crippen LogP contribution in [0.25, 0.3) is 0 Å². The van der Waals surface area contributed by atoms with E-state index in [0.29, 0.717) is 19.0 Å². The number of rotatable bonds is 5. The molecule has 4 rings (SSSR count). The fraction of sp³-hybridized carbons (Fsp3) is 0.611. The fourth-order valence-corrected chi connectivity index (χ4v) is 3.95. The molecule has 2 aromatic rings. The molecule has 2 atom stereocenters. The molecule has 1 aliphatic carbocycles. The Morgan fingerprint density at radius 3 is 2.88 bits per heavy atom. The fourth-order valence-electron chi connectivity index (χ4n) is 3.95. The first-order valence-corrected chi connectivity index (χ1v) is 9.10. The number of hydrogen-bond acceptors (Lipinski definition) is 4. The van der Waals surface area contributed by atoms with Crippen LogP contribution in [-0.2, 0) is 25.4 Å². The van der Waals surface area contributed by atoms with E-state index in [4.69, 9.17) is 0 Å². The quantitative estimate of drug-likeness (QED) is 0.851. The van der Waals surface area contributed by atoms with Crippen LogP contribution in [0.15, 0.2) is 18.7 Å². The Morgan fingerprint density at radius 1 is 1.36 bits per heavy atom. The highest BCUT2D eigenvalue weighted by Crippen LogP contribution is 2.37. The zero-order chi connectivity index (χ0) is 17.4. The minimum absolute atomic E-state index is 0.0738. The summed E-state index contributed by atoms with van der Waals surface area (Å²) >= 11 is 0. The summed E-state index contributed by atoms with van der Waals surface area (Å²) in [5.74, 6) is 0.783. The van der Waals surface area contributed by atoms with Gasteiger partial charge in [-0.1, -0.05) is 6.42 Å². The normalized spacial score (nSPS) is 23.6. The Kier molecular flexibility index (Phi) is 4.33. The van der Waals surface area contributed by atoms with Crippen molar-refractivity contribution >= 4 is 5.91 Å². The first-order chi connectivity index (χ1) is 12.1. The maximum absolute atomic E-state index is 12.8. The highest BCUT2D eigenvalue weighted by Gasteiger charge is 2.35. The lowest BCUT2D eigenvalue weighted by Crippen LogP contribution is -2.35. The van der Waals surface area contributed by atoms with E-state index in [1.807, 2.05) is 35.7 Å². The standard InChI is InChI=1S/C18H26N6O/c1-23-10-16(21-11-23)14-6-19-7-15(14)18(25)20-9-17-13(8-22-24(17)2)12-4-3-5-12/h8,10-12,14-15,19H,3-7,9H2,1-2H3,(H,20,25)/t14-,15-/m1/s1. The van der Waals surface area contributed by atoms with Crippen molar-refractivity contribution < 1.29 is 4.79 Å². The molecule has 0 unspecified atom stereocenters. The van der Waals surface area contributed by atoms with Gasteiger partial charge in [0.15, 0.2) is 0 Å². The van der Waals surface area contributed by atoms with Gasteiger partial charge in [-0.3, -0.25) is 9.48 Å². The Hall–Kier alpha value is -2.15. The molecule has 1 aliphatic heterocycles. The van der Waals surface area contributed by atoms with Crippen LogP contribution in [0, 0.1) is 5.92 Å². The van der Waals surface area contributed by atoms with Crippen molar-refractivity contribution in [3.63, 3.8) is 0 Å². The van der Waals surface area contributed by atoms with Crippen LogP contribution in [0.5, 0.6) is 0 Å². The smallest absolute Gasteiger partial charge is 0.225 e. The molecule has 7 heteroatoms. The number of amides is 1. The molecular weight excluding hydrogens is 316 g/mol. The molecule has 0 bridgehead atoms. The largest absolute Gasteiger partial charge is 0.350 e. The molecule has 2 aliphatic rings. The van der Waals surface area contributed by atoms with Gasteiger partial charge in [0.05, 0.1) is 36.4 Å². The first kappa shape index (κ1) is 16.3. The van der Waals surface area contributed by atoms with Gasteiger partial charge >= 0.3 is 0 Å². The topological polar surface area (TPSA) is 76.8 Å². The second-order valence-electron chi connectivity index (χ2n) is 7.35. The van der Waals surface area contributed by atoms with E-state index in [9.17, 15) is 4.79 Å². The summed E-state index contributed by atoms with van der Waals surface area (Å²) in [5.41, 5.74) is 3.43. The Labute approximate surface area is 147 Å². The number of carbonyl (C=O) groups is 1.